The molecule has 98 valence electrons. The van der Waals surface area contributed by atoms with Crippen LogP contribution in [0.3, 0.4) is 0 Å². The summed E-state index contributed by atoms with van der Waals surface area (Å²) in [4.78, 5) is 22.2. The van der Waals surface area contributed by atoms with Crippen molar-refractivity contribution in [3.05, 3.63) is 33.8 Å². The zero-order valence-corrected chi connectivity index (χ0v) is 11.2. The third-order valence-corrected chi connectivity index (χ3v) is 2.92. The molecule has 0 heterocycles. The second kappa shape index (κ2) is 7.36. The molecule has 1 amide bonds. The molecule has 1 aromatic rings. The van der Waals surface area contributed by atoms with Crippen molar-refractivity contribution in [2.24, 2.45) is 5.73 Å². The first kappa shape index (κ1) is 15.0. The average molecular weight is 289 g/mol. The van der Waals surface area contributed by atoms with Crippen LogP contribution >= 0.6 is 23.2 Å². The second-order valence-corrected chi connectivity index (χ2v) is 4.63. The highest BCUT2D eigenvalue weighted by atomic mass is 35.5. The molecule has 1 atom stereocenters. The Morgan fingerprint density at radius 3 is 2.72 bits per heavy atom. The smallest absolute Gasteiger partial charge is 0.221 e. The number of aldehydes is 1. The molecule has 1 rings (SSSR count). The SMILES string of the molecule is NCCC(=O)NC(C=O)Cc1ccc(Cl)cc1Cl. The molecule has 0 aliphatic carbocycles. The van der Waals surface area contributed by atoms with Crippen molar-refractivity contribution in [3.63, 3.8) is 0 Å². The molecular weight excluding hydrogens is 275 g/mol. The van der Waals surface area contributed by atoms with Gasteiger partial charge in [-0.2, -0.15) is 0 Å². The van der Waals surface area contributed by atoms with Crippen LogP contribution in [0.5, 0.6) is 0 Å². The van der Waals surface area contributed by atoms with Gasteiger partial charge in [0, 0.05) is 29.4 Å². The van der Waals surface area contributed by atoms with E-state index in [1.165, 1.54) is 0 Å². The number of nitrogens with one attached hydrogen (secondary N) is 1. The highest BCUT2D eigenvalue weighted by molar-refractivity contribution is 6.35. The minimum absolute atomic E-state index is 0.193. The Morgan fingerprint density at radius 2 is 2.17 bits per heavy atom. The van der Waals surface area contributed by atoms with Gasteiger partial charge in [-0.15, -0.1) is 0 Å². The molecule has 1 aromatic carbocycles. The van der Waals surface area contributed by atoms with Crippen LogP contribution in [0.4, 0.5) is 0 Å². The standard InChI is InChI=1S/C12H14Cl2N2O2/c13-9-2-1-8(11(14)6-9)5-10(7-17)16-12(18)3-4-15/h1-2,6-7,10H,3-5,15H2,(H,16,18). The molecule has 0 saturated carbocycles. The zero-order chi connectivity index (χ0) is 13.5. The van der Waals surface area contributed by atoms with Gasteiger partial charge >= 0.3 is 0 Å². The zero-order valence-electron chi connectivity index (χ0n) is 9.66. The highest BCUT2D eigenvalue weighted by Gasteiger charge is 2.13. The Morgan fingerprint density at radius 1 is 1.44 bits per heavy atom. The second-order valence-electron chi connectivity index (χ2n) is 3.79. The van der Waals surface area contributed by atoms with Crippen molar-refractivity contribution in [3.8, 4) is 0 Å². The molecular formula is C12H14Cl2N2O2. The molecule has 0 spiro atoms. The van der Waals surface area contributed by atoms with Crippen molar-refractivity contribution in [1.82, 2.24) is 5.32 Å². The molecule has 0 bridgehead atoms. The van der Waals surface area contributed by atoms with Gasteiger partial charge in [0.25, 0.3) is 0 Å². The van der Waals surface area contributed by atoms with E-state index in [-0.39, 0.29) is 18.9 Å². The summed E-state index contributed by atoms with van der Waals surface area (Å²) >= 11 is 11.8. The molecule has 0 radical (unpaired) electrons. The fraction of sp³-hybridized carbons (Fsp3) is 0.333. The molecule has 0 aliphatic rings. The van der Waals surface area contributed by atoms with Crippen LogP contribution in [0.15, 0.2) is 18.2 Å². The minimum Gasteiger partial charge on any atom is -0.346 e. The highest BCUT2D eigenvalue weighted by Crippen LogP contribution is 2.21. The quantitative estimate of drug-likeness (QED) is 0.781. The van der Waals surface area contributed by atoms with Crippen LogP contribution in [0.1, 0.15) is 12.0 Å². The topological polar surface area (TPSA) is 72.2 Å². The van der Waals surface area contributed by atoms with Crippen LogP contribution in [-0.4, -0.2) is 24.8 Å². The molecule has 1 unspecified atom stereocenters. The van der Waals surface area contributed by atoms with Gasteiger partial charge < -0.3 is 15.8 Å². The van der Waals surface area contributed by atoms with Gasteiger partial charge in [-0.25, -0.2) is 0 Å². The van der Waals surface area contributed by atoms with Gasteiger partial charge in [-0.05, 0) is 17.7 Å². The maximum Gasteiger partial charge on any atom is 0.221 e. The Balaban J connectivity index is 2.68. The first-order valence-corrected chi connectivity index (χ1v) is 6.21. The van der Waals surface area contributed by atoms with Crippen molar-refractivity contribution in [2.75, 3.05) is 6.54 Å². The predicted molar refractivity (Wildman–Crippen MR) is 71.8 cm³/mol. The lowest BCUT2D eigenvalue weighted by atomic mass is 10.1. The number of hydrogen-bond donors (Lipinski definition) is 2. The van der Waals surface area contributed by atoms with Gasteiger partial charge in [0.2, 0.25) is 5.91 Å². The maximum absolute atomic E-state index is 11.3. The fourth-order valence-corrected chi connectivity index (χ4v) is 1.95. The lowest BCUT2D eigenvalue weighted by Gasteiger charge is -2.13. The minimum atomic E-state index is -0.609. The third-order valence-electron chi connectivity index (χ3n) is 2.34. The maximum atomic E-state index is 11.3. The first-order chi connectivity index (χ1) is 8.56. The number of rotatable bonds is 6. The monoisotopic (exact) mass is 288 g/mol. The summed E-state index contributed by atoms with van der Waals surface area (Å²) in [6, 6.07) is 4.41. The Kier molecular flexibility index (Phi) is 6.12. The first-order valence-electron chi connectivity index (χ1n) is 5.45. The molecule has 6 heteroatoms. The van der Waals surface area contributed by atoms with E-state index in [1.54, 1.807) is 18.2 Å². The summed E-state index contributed by atoms with van der Waals surface area (Å²) in [5.74, 6) is -0.250. The largest absolute Gasteiger partial charge is 0.346 e. The van der Waals surface area contributed by atoms with Crippen molar-refractivity contribution in [1.29, 1.82) is 0 Å². The molecule has 0 fully saturated rings. The molecule has 18 heavy (non-hydrogen) atoms. The van der Waals surface area contributed by atoms with Crippen LogP contribution in [0, 0.1) is 0 Å². The van der Waals surface area contributed by atoms with Gasteiger partial charge in [0.15, 0.2) is 0 Å². The number of nitrogens with two attached hydrogens (primary N) is 1. The summed E-state index contributed by atoms with van der Waals surface area (Å²) in [7, 11) is 0. The molecule has 0 saturated heterocycles. The summed E-state index contributed by atoms with van der Waals surface area (Å²) in [5, 5.41) is 3.58. The van der Waals surface area contributed by atoms with E-state index >= 15 is 0 Å². The van der Waals surface area contributed by atoms with E-state index in [1.807, 2.05) is 0 Å². The Hall–Kier alpha value is -1.10. The fourth-order valence-electron chi connectivity index (χ4n) is 1.47. The summed E-state index contributed by atoms with van der Waals surface area (Å²) < 4.78 is 0. The Bertz CT molecular complexity index is 438. The van der Waals surface area contributed by atoms with E-state index in [9.17, 15) is 9.59 Å². The van der Waals surface area contributed by atoms with Gasteiger partial charge in [0.1, 0.15) is 6.29 Å². The number of halogens is 2. The number of hydrogen-bond acceptors (Lipinski definition) is 3. The average Bonchev–Trinajstić information content (AvgIpc) is 2.31. The van der Waals surface area contributed by atoms with Crippen molar-refractivity contribution < 1.29 is 9.59 Å². The van der Waals surface area contributed by atoms with Crippen LogP contribution in [0.25, 0.3) is 0 Å². The number of carbonyl (C=O) groups excluding carboxylic acids is 2. The summed E-state index contributed by atoms with van der Waals surface area (Å²) in [5.41, 5.74) is 6.01. The normalized spacial score (nSPS) is 11.9. The van der Waals surface area contributed by atoms with Crippen LogP contribution in [0.2, 0.25) is 10.0 Å². The van der Waals surface area contributed by atoms with E-state index in [2.05, 4.69) is 5.32 Å². The molecule has 0 aliphatic heterocycles. The lowest BCUT2D eigenvalue weighted by Crippen LogP contribution is -2.38. The number of amides is 1. The van der Waals surface area contributed by atoms with Gasteiger partial charge in [-0.1, -0.05) is 29.3 Å². The van der Waals surface area contributed by atoms with Crippen LogP contribution < -0.4 is 11.1 Å². The molecule has 4 nitrogen and oxygen atoms in total. The van der Waals surface area contributed by atoms with E-state index in [0.717, 1.165) is 5.56 Å². The van der Waals surface area contributed by atoms with E-state index in [4.69, 9.17) is 28.9 Å². The summed E-state index contributed by atoms with van der Waals surface area (Å²) in [6.07, 6.45) is 1.20. The van der Waals surface area contributed by atoms with Crippen molar-refractivity contribution >= 4 is 35.4 Å². The van der Waals surface area contributed by atoms with Crippen LogP contribution in [-0.2, 0) is 16.0 Å². The third kappa shape index (κ3) is 4.64. The summed E-state index contributed by atoms with van der Waals surface area (Å²) in [6.45, 7) is 0.249. The predicted octanol–water partition coefficient (Wildman–Crippen LogP) is 1.57. The molecule has 0 aromatic heterocycles. The van der Waals surface area contributed by atoms with Gasteiger partial charge in [-0.3, -0.25) is 4.79 Å². The van der Waals surface area contributed by atoms with Crippen molar-refractivity contribution in [2.45, 2.75) is 18.9 Å². The van der Waals surface area contributed by atoms with E-state index < -0.39 is 6.04 Å². The lowest BCUT2D eigenvalue weighted by molar-refractivity contribution is -0.123. The number of carbonyl (C=O) groups is 2. The molecule has 3 N–H and O–H groups in total. The van der Waals surface area contributed by atoms with Gasteiger partial charge in [0.05, 0.1) is 6.04 Å². The Labute approximate surface area is 115 Å². The van der Waals surface area contributed by atoms with E-state index in [0.29, 0.717) is 22.8 Å². The number of benzene rings is 1.